The fourth-order valence-corrected chi connectivity index (χ4v) is 12.6. The van der Waals surface area contributed by atoms with Gasteiger partial charge in [0.05, 0.1) is 11.0 Å². The van der Waals surface area contributed by atoms with Crippen molar-refractivity contribution in [2.24, 2.45) is 0 Å². The van der Waals surface area contributed by atoms with E-state index in [1.165, 1.54) is 128 Å². The molecule has 3 heterocycles. The van der Waals surface area contributed by atoms with E-state index in [2.05, 4.69) is 316 Å². The van der Waals surface area contributed by atoms with Crippen molar-refractivity contribution < 1.29 is 0 Å². The number of rotatable bonds is 6. The Balaban J connectivity index is 1.18. The number of anilines is 6. The third-order valence-electron chi connectivity index (χ3n) is 17.1. The van der Waals surface area contributed by atoms with Crippen molar-refractivity contribution in [3.63, 3.8) is 0 Å². The van der Waals surface area contributed by atoms with Crippen molar-refractivity contribution in [2.45, 2.75) is 105 Å². The molecule has 3 nitrogen and oxygen atoms in total. The van der Waals surface area contributed by atoms with Crippen LogP contribution in [0.1, 0.15) is 105 Å². The lowest BCUT2D eigenvalue weighted by molar-refractivity contribution is 0.568. The summed E-state index contributed by atoms with van der Waals surface area (Å²) in [6.07, 6.45) is 0. The molecule has 0 atom stereocenters. The van der Waals surface area contributed by atoms with Crippen molar-refractivity contribution in [1.29, 1.82) is 0 Å². The fourth-order valence-electron chi connectivity index (χ4n) is 12.6. The van der Waals surface area contributed by atoms with E-state index in [-0.39, 0.29) is 28.4 Å². The molecule has 0 spiro atoms. The summed E-state index contributed by atoms with van der Waals surface area (Å²) in [6.45, 7) is 28.2. The molecular weight excluding hydrogens is 966 g/mol. The zero-order chi connectivity index (χ0) is 55.6. The summed E-state index contributed by atoms with van der Waals surface area (Å²) in [5.41, 5.74) is 26.7. The molecule has 394 valence electrons. The minimum absolute atomic E-state index is 0.101. The van der Waals surface area contributed by atoms with E-state index >= 15 is 0 Å². The van der Waals surface area contributed by atoms with Gasteiger partial charge in [0.1, 0.15) is 0 Å². The second kappa shape index (κ2) is 18.6. The van der Waals surface area contributed by atoms with Crippen LogP contribution in [-0.4, -0.2) is 11.3 Å². The Hall–Kier alpha value is -8.34. The SMILES string of the molecule is CC(C)(C)c1cc(N2c3ccc(-c4ccccc4)cc3B3c4cc(-c5ccccc5)ccc4N(c4cc(C(C)(C)C)cc(C(C)(C)C)c4)c4cc(-c5ccc6c(c5)c5ccccc5n6-c5ccccc5)cc2c43)cc(C(C)(C)C)c1. The van der Waals surface area contributed by atoms with Crippen LogP contribution in [-0.2, 0) is 21.7 Å². The molecular formula is C76H72BN3. The number of hydrogen-bond acceptors (Lipinski definition) is 2. The highest BCUT2D eigenvalue weighted by Gasteiger charge is 2.45. The lowest BCUT2D eigenvalue weighted by Gasteiger charge is -2.45. The number of benzene rings is 10. The van der Waals surface area contributed by atoms with E-state index in [0.29, 0.717) is 0 Å². The number of nitrogens with zero attached hydrogens (tertiary/aromatic N) is 3. The van der Waals surface area contributed by atoms with Crippen LogP contribution in [0.3, 0.4) is 0 Å². The van der Waals surface area contributed by atoms with Gasteiger partial charge >= 0.3 is 0 Å². The van der Waals surface area contributed by atoms with E-state index in [1.807, 2.05) is 0 Å². The first kappa shape index (κ1) is 51.1. The summed E-state index contributed by atoms with van der Waals surface area (Å²) in [7, 11) is 0. The van der Waals surface area contributed by atoms with Gasteiger partial charge in [-0.05, 0) is 173 Å². The summed E-state index contributed by atoms with van der Waals surface area (Å²) in [6, 6.07) is 83.3. The normalized spacial score (nSPS) is 13.4. The Morgan fingerprint density at radius 2 is 0.662 bits per heavy atom. The minimum atomic E-state index is -0.106. The van der Waals surface area contributed by atoms with E-state index in [4.69, 9.17) is 0 Å². The minimum Gasteiger partial charge on any atom is -0.311 e. The van der Waals surface area contributed by atoms with Crippen molar-refractivity contribution >= 4 is 79.0 Å². The summed E-state index contributed by atoms with van der Waals surface area (Å²) in [5.74, 6) is 0. The van der Waals surface area contributed by atoms with Crippen LogP contribution in [0, 0.1) is 0 Å². The first-order chi connectivity index (χ1) is 38.2. The molecule has 0 fully saturated rings. The van der Waals surface area contributed by atoms with Gasteiger partial charge < -0.3 is 14.4 Å². The first-order valence-electron chi connectivity index (χ1n) is 28.8. The van der Waals surface area contributed by atoms with Crippen LogP contribution in [0.4, 0.5) is 34.1 Å². The molecule has 11 aromatic rings. The number of aromatic nitrogens is 1. The summed E-state index contributed by atoms with van der Waals surface area (Å²) in [4.78, 5) is 5.28. The lowest BCUT2D eigenvalue weighted by Crippen LogP contribution is -2.61. The number of para-hydroxylation sites is 2. The molecule has 1 aromatic heterocycles. The fraction of sp³-hybridized carbons (Fsp3) is 0.211. The monoisotopic (exact) mass is 1040 g/mol. The second-order valence-electron chi connectivity index (χ2n) is 26.8. The average molecular weight is 1040 g/mol. The Kier molecular flexibility index (Phi) is 11.9. The van der Waals surface area contributed by atoms with Crippen LogP contribution >= 0.6 is 0 Å². The maximum Gasteiger partial charge on any atom is 0.252 e. The largest absolute Gasteiger partial charge is 0.311 e. The first-order valence-corrected chi connectivity index (χ1v) is 28.8. The predicted octanol–water partition coefficient (Wildman–Crippen LogP) is 19.1. The zero-order valence-corrected chi connectivity index (χ0v) is 48.7. The number of fused-ring (bicyclic) bond motifs is 7. The Bertz CT molecular complexity index is 3960. The summed E-state index contributed by atoms with van der Waals surface area (Å²) < 4.78 is 2.42. The molecule has 80 heavy (non-hydrogen) atoms. The molecule has 0 amide bonds. The lowest BCUT2D eigenvalue weighted by atomic mass is 9.33. The van der Waals surface area contributed by atoms with Crippen LogP contribution in [0.15, 0.2) is 218 Å². The Labute approximate surface area is 475 Å². The molecule has 0 bridgehead atoms. The second-order valence-corrected chi connectivity index (χ2v) is 26.8. The van der Waals surface area contributed by atoms with Crippen LogP contribution < -0.4 is 26.2 Å². The highest BCUT2D eigenvalue weighted by atomic mass is 15.2. The van der Waals surface area contributed by atoms with Crippen LogP contribution in [0.5, 0.6) is 0 Å². The maximum atomic E-state index is 2.64. The van der Waals surface area contributed by atoms with Gasteiger partial charge in [0.25, 0.3) is 6.71 Å². The van der Waals surface area contributed by atoms with Crippen molar-refractivity contribution in [3.8, 4) is 39.1 Å². The zero-order valence-electron chi connectivity index (χ0n) is 48.7. The topological polar surface area (TPSA) is 11.4 Å². The third-order valence-corrected chi connectivity index (χ3v) is 17.1. The standard InChI is InChI=1S/C76H72BN3/c1-73(2,3)55-43-56(74(4,5)6)46-60(45-55)79-68-36-33-52(49-24-16-13-17-25-49)39-64(68)77-65-40-53(50-26-18-14-19-27-50)34-37-69(65)80(61-47-57(75(7,8)9)44-58(48-61)76(10,11)12)71-42-54(41-70(79)72(71)77)51-32-35-67-63(38-51)62-30-22-23-31-66(62)78(67)59-28-20-15-21-29-59/h13-48H,1-12H3. The third kappa shape index (κ3) is 8.76. The van der Waals surface area contributed by atoms with Gasteiger partial charge in [0.2, 0.25) is 0 Å². The quantitative estimate of drug-likeness (QED) is 0.154. The smallest absolute Gasteiger partial charge is 0.252 e. The van der Waals surface area contributed by atoms with Crippen molar-refractivity contribution in [1.82, 2.24) is 4.57 Å². The molecule has 13 rings (SSSR count). The molecule has 0 saturated carbocycles. The van der Waals surface area contributed by atoms with Crippen molar-refractivity contribution in [2.75, 3.05) is 9.80 Å². The molecule has 0 aliphatic carbocycles. The molecule has 4 heteroatoms. The van der Waals surface area contributed by atoms with Crippen LogP contribution in [0.25, 0.3) is 60.9 Å². The summed E-state index contributed by atoms with van der Waals surface area (Å²) >= 11 is 0. The molecule has 10 aromatic carbocycles. The Morgan fingerprint density at radius 1 is 0.275 bits per heavy atom. The van der Waals surface area contributed by atoms with Gasteiger partial charge in [-0.1, -0.05) is 223 Å². The van der Waals surface area contributed by atoms with Gasteiger partial charge in [0.15, 0.2) is 0 Å². The molecule has 0 saturated heterocycles. The molecule has 2 aliphatic heterocycles. The van der Waals surface area contributed by atoms with Gasteiger partial charge in [-0.3, -0.25) is 0 Å². The maximum absolute atomic E-state index is 2.64. The van der Waals surface area contributed by atoms with Crippen molar-refractivity contribution in [3.05, 3.63) is 241 Å². The van der Waals surface area contributed by atoms with Gasteiger partial charge in [-0.25, -0.2) is 0 Å². The highest BCUT2D eigenvalue weighted by molar-refractivity contribution is 7.00. The average Bonchev–Trinajstić information content (AvgIpc) is 1.80. The van der Waals surface area contributed by atoms with E-state index < -0.39 is 0 Å². The molecule has 0 radical (unpaired) electrons. The van der Waals surface area contributed by atoms with E-state index in [1.54, 1.807) is 0 Å². The Morgan fingerprint density at radius 3 is 1.11 bits per heavy atom. The van der Waals surface area contributed by atoms with E-state index in [0.717, 1.165) is 5.69 Å². The summed E-state index contributed by atoms with van der Waals surface area (Å²) in [5, 5.41) is 2.47. The number of hydrogen-bond donors (Lipinski definition) is 0. The van der Waals surface area contributed by atoms with Crippen LogP contribution in [0.2, 0.25) is 0 Å². The molecule has 0 unspecified atom stereocenters. The van der Waals surface area contributed by atoms with Gasteiger partial charge in [0, 0.05) is 50.6 Å². The van der Waals surface area contributed by atoms with Gasteiger partial charge in [-0.2, -0.15) is 0 Å². The predicted molar refractivity (Wildman–Crippen MR) is 346 cm³/mol. The molecule has 2 aliphatic rings. The highest BCUT2D eigenvalue weighted by Crippen LogP contribution is 2.50. The molecule has 0 N–H and O–H groups in total. The van der Waals surface area contributed by atoms with E-state index in [9.17, 15) is 0 Å². The van der Waals surface area contributed by atoms with Gasteiger partial charge in [-0.15, -0.1) is 0 Å².